The summed E-state index contributed by atoms with van der Waals surface area (Å²) < 4.78 is 0. The average Bonchev–Trinajstić information content (AvgIpc) is 1.82. The molecule has 0 aromatic carbocycles. The Morgan fingerprint density at radius 1 is 1.20 bits per heavy atom. The van der Waals surface area contributed by atoms with Crippen LogP contribution in [0.4, 0.5) is 0 Å². The number of piperazine rings is 1. The molecule has 0 amide bonds. The summed E-state index contributed by atoms with van der Waals surface area (Å²) in [4.78, 5) is 2.49. The molecule has 4 heterocycles. The van der Waals surface area contributed by atoms with Crippen LogP contribution in [0.5, 0.6) is 0 Å². The van der Waals surface area contributed by atoms with Gasteiger partial charge in [0.25, 0.3) is 0 Å². The first-order chi connectivity index (χ1) is 4.90. The monoisotopic (exact) mass is 140 g/mol. The predicted molar refractivity (Wildman–Crippen MR) is 37.0 cm³/mol. The van der Waals surface area contributed by atoms with Crippen LogP contribution in [0.1, 0.15) is 0 Å². The van der Waals surface area contributed by atoms with Gasteiger partial charge in [-0.2, -0.15) is 0 Å². The molecule has 56 valence electrons. The number of hydrogen-bond donors (Lipinski definition) is 2. The molecular weight excluding hydrogens is 128 g/mol. The van der Waals surface area contributed by atoms with Crippen molar-refractivity contribution in [1.29, 1.82) is 0 Å². The van der Waals surface area contributed by atoms with Gasteiger partial charge in [-0.05, 0) is 0 Å². The van der Waals surface area contributed by atoms with Crippen LogP contribution in [0, 0.1) is 0 Å². The van der Waals surface area contributed by atoms with E-state index in [1.54, 1.807) is 0 Å². The summed E-state index contributed by atoms with van der Waals surface area (Å²) in [6, 6.07) is 0.716. The molecule has 4 atom stereocenters. The highest BCUT2D eigenvalue weighted by atomic mass is 15.7. The molecule has 4 nitrogen and oxygen atoms in total. The second-order valence-electron chi connectivity index (χ2n) is 3.45. The lowest BCUT2D eigenvalue weighted by molar-refractivity contribution is -0.0893. The second kappa shape index (κ2) is 1.71. The van der Waals surface area contributed by atoms with E-state index in [0.29, 0.717) is 12.2 Å². The van der Waals surface area contributed by atoms with Crippen LogP contribution >= 0.6 is 0 Å². The molecule has 4 saturated heterocycles. The molecule has 0 saturated carbocycles. The molecule has 2 unspecified atom stereocenters. The van der Waals surface area contributed by atoms with Crippen molar-refractivity contribution in [3.05, 3.63) is 0 Å². The van der Waals surface area contributed by atoms with Gasteiger partial charge < -0.3 is 0 Å². The van der Waals surface area contributed by atoms with E-state index < -0.39 is 0 Å². The third kappa shape index (κ3) is 0.645. The van der Waals surface area contributed by atoms with Gasteiger partial charge in [-0.15, -0.1) is 0 Å². The van der Waals surface area contributed by atoms with E-state index in [9.17, 15) is 0 Å². The first-order valence-electron chi connectivity index (χ1n) is 3.90. The van der Waals surface area contributed by atoms with Gasteiger partial charge in [-0.1, -0.05) is 0 Å². The quantitative estimate of drug-likeness (QED) is 0.423. The van der Waals surface area contributed by atoms with Crippen LogP contribution in [-0.4, -0.2) is 48.4 Å². The summed E-state index contributed by atoms with van der Waals surface area (Å²) in [7, 11) is 0. The Morgan fingerprint density at radius 2 is 2.20 bits per heavy atom. The van der Waals surface area contributed by atoms with Crippen molar-refractivity contribution in [2.45, 2.75) is 12.2 Å². The van der Waals surface area contributed by atoms with Crippen molar-refractivity contribution in [2.24, 2.45) is 0 Å². The van der Waals surface area contributed by atoms with Crippen LogP contribution in [0.2, 0.25) is 0 Å². The number of nitrogens with one attached hydrogen (secondary N) is 2. The average molecular weight is 140 g/mol. The van der Waals surface area contributed by atoms with Gasteiger partial charge in [0.2, 0.25) is 0 Å². The third-order valence-electron chi connectivity index (χ3n) is 2.51. The molecule has 4 aliphatic heterocycles. The Bertz CT molecular complexity index is 101. The van der Waals surface area contributed by atoms with E-state index in [1.165, 1.54) is 19.6 Å². The molecule has 4 fully saturated rings. The van der Waals surface area contributed by atoms with E-state index in [1.807, 2.05) is 0 Å². The zero-order valence-electron chi connectivity index (χ0n) is 5.88. The van der Waals surface area contributed by atoms with Crippen molar-refractivity contribution in [1.82, 2.24) is 20.7 Å². The van der Waals surface area contributed by atoms with Crippen LogP contribution < -0.4 is 10.7 Å². The van der Waals surface area contributed by atoms with E-state index in [2.05, 4.69) is 20.7 Å². The Hall–Kier alpha value is -0.160. The molecular formula is C6H12N4. The van der Waals surface area contributed by atoms with Crippen LogP contribution in [0.15, 0.2) is 0 Å². The van der Waals surface area contributed by atoms with Crippen molar-refractivity contribution in [3.8, 4) is 0 Å². The van der Waals surface area contributed by atoms with Crippen molar-refractivity contribution >= 4 is 0 Å². The highest BCUT2D eigenvalue weighted by molar-refractivity contribution is 4.93. The van der Waals surface area contributed by atoms with Gasteiger partial charge in [-0.3, -0.25) is 10.2 Å². The van der Waals surface area contributed by atoms with Crippen molar-refractivity contribution in [2.75, 3.05) is 26.3 Å². The zero-order chi connectivity index (χ0) is 6.55. The fourth-order valence-corrected chi connectivity index (χ4v) is 2.22. The molecule has 4 bridgehead atoms. The summed E-state index contributed by atoms with van der Waals surface area (Å²) in [5, 5.41) is 5.82. The lowest BCUT2D eigenvalue weighted by atomic mass is 10.1. The van der Waals surface area contributed by atoms with E-state index in [4.69, 9.17) is 0 Å². The number of nitrogens with zero attached hydrogens (tertiary/aromatic N) is 2. The summed E-state index contributed by atoms with van der Waals surface area (Å²) in [5.41, 5.74) is 3.39. The zero-order valence-corrected chi connectivity index (χ0v) is 5.88. The first kappa shape index (κ1) is 5.49. The van der Waals surface area contributed by atoms with Crippen LogP contribution in [0.3, 0.4) is 0 Å². The Kier molecular flexibility index (Phi) is 0.936. The minimum absolute atomic E-state index is 0.529. The minimum atomic E-state index is 0.529. The number of hydrazine groups is 1. The summed E-state index contributed by atoms with van der Waals surface area (Å²) in [6.45, 7) is 4.71. The van der Waals surface area contributed by atoms with Gasteiger partial charge in [0, 0.05) is 25.7 Å². The first-order valence-corrected chi connectivity index (χ1v) is 3.90. The standard InChI is InChI=1S/C6H12N4/c1-5-2-10-4-9(1)3-6(7-5)8-10/h5-8H,1-4H2/t5-,6-/m0/s1. The van der Waals surface area contributed by atoms with E-state index in [-0.39, 0.29) is 0 Å². The predicted octanol–water partition coefficient (Wildman–Crippen LogP) is -1.62. The normalized spacial score (nSPS) is 57.6. The van der Waals surface area contributed by atoms with E-state index in [0.717, 1.165) is 6.67 Å². The fraction of sp³-hybridized carbons (Fsp3) is 1.00. The number of hydrogen-bond acceptors (Lipinski definition) is 4. The molecule has 0 aromatic rings. The maximum atomic E-state index is 3.52. The van der Waals surface area contributed by atoms with Crippen LogP contribution in [0.25, 0.3) is 0 Å². The molecule has 4 aliphatic rings. The molecule has 4 heteroatoms. The maximum absolute atomic E-state index is 3.52. The SMILES string of the molecule is C1[C@H]2CN3CN1C[C@@H](N2)N3. The maximum Gasteiger partial charge on any atom is 0.0839 e. The van der Waals surface area contributed by atoms with Crippen molar-refractivity contribution in [3.63, 3.8) is 0 Å². The van der Waals surface area contributed by atoms with Gasteiger partial charge in [-0.25, -0.2) is 10.4 Å². The summed E-state index contributed by atoms with van der Waals surface area (Å²) in [6.07, 6.45) is 0.529. The largest absolute Gasteiger partial charge is 0.294 e. The molecule has 0 spiro atoms. The van der Waals surface area contributed by atoms with E-state index >= 15 is 0 Å². The van der Waals surface area contributed by atoms with Crippen LogP contribution in [-0.2, 0) is 0 Å². The third-order valence-corrected chi connectivity index (χ3v) is 2.51. The van der Waals surface area contributed by atoms with Gasteiger partial charge in [0.15, 0.2) is 0 Å². The Balaban J connectivity index is 1.90. The second-order valence-corrected chi connectivity index (χ2v) is 3.45. The highest BCUT2D eigenvalue weighted by Crippen LogP contribution is 2.15. The molecule has 10 heavy (non-hydrogen) atoms. The molecule has 2 N–H and O–H groups in total. The van der Waals surface area contributed by atoms with Gasteiger partial charge in [0.05, 0.1) is 12.8 Å². The molecule has 0 aromatic heterocycles. The lowest BCUT2D eigenvalue weighted by Gasteiger charge is -2.54. The summed E-state index contributed by atoms with van der Waals surface area (Å²) in [5.74, 6) is 0. The minimum Gasteiger partial charge on any atom is -0.294 e. The van der Waals surface area contributed by atoms with Gasteiger partial charge in [0.1, 0.15) is 0 Å². The fourth-order valence-electron chi connectivity index (χ4n) is 2.22. The summed E-state index contributed by atoms with van der Waals surface area (Å²) >= 11 is 0. The van der Waals surface area contributed by atoms with Crippen molar-refractivity contribution < 1.29 is 0 Å². The molecule has 4 rings (SSSR count). The van der Waals surface area contributed by atoms with Gasteiger partial charge >= 0.3 is 0 Å². The highest BCUT2D eigenvalue weighted by Gasteiger charge is 2.38. The topological polar surface area (TPSA) is 30.5 Å². The Labute approximate surface area is 60.1 Å². The molecule has 0 aliphatic carbocycles. The Morgan fingerprint density at radius 3 is 2.90 bits per heavy atom. The number of rotatable bonds is 0. The smallest absolute Gasteiger partial charge is 0.0839 e. The molecule has 0 radical (unpaired) electrons. The lowest BCUT2D eigenvalue weighted by Crippen LogP contribution is -2.78.